The van der Waals surface area contributed by atoms with Gasteiger partial charge in [-0.1, -0.05) is 0 Å². The third-order valence-electron chi connectivity index (χ3n) is 0. The fraction of sp³-hybridized carbons (Fsp3) is 0. The van der Waals surface area contributed by atoms with Gasteiger partial charge in [0.15, 0.2) is 0 Å². The molecular formula is H6CaCr2CuO8SZn. The first-order chi connectivity index (χ1) is 4.00. The van der Waals surface area contributed by atoms with Crippen molar-refractivity contribution < 1.29 is 101 Å². The van der Waals surface area contributed by atoms with E-state index >= 15 is 0 Å². The van der Waals surface area contributed by atoms with Crippen LogP contribution in [0, 0.1) is 0 Å². The van der Waals surface area contributed by atoms with Crippen LogP contribution in [-0.4, -0.2) is 63.6 Å². The van der Waals surface area contributed by atoms with Gasteiger partial charge < -0.3 is 0 Å². The van der Waals surface area contributed by atoms with Crippen molar-refractivity contribution in [3.8, 4) is 0 Å². The van der Waals surface area contributed by atoms with E-state index in [1.54, 1.807) is 0 Å². The molecule has 0 heterocycles. The molecule has 0 aliphatic rings. The van der Waals surface area contributed by atoms with E-state index < -0.39 is 24.0 Å². The topological polar surface area (TPSA) is 149 Å². The average molecular weight is 439 g/mol. The number of hydrogen-bond acceptors (Lipinski definition) is 4. The predicted octanol–water partition coefficient (Wildman–Crippen LogP) is -2.93. The zero-order valence-corrected chi connectivity index (χ0v) is 12.9. The van der Waals surface area contributed by atoms with Crippen LogP contribution in [0.15, 0.2) is 0 Å². The molecule has 8 nitrogen and oxygen atoms in total. The van der Waals surface area contributed by atoms with Crippen LogP contribution in [0.1, 0.15) is 0 Å². The van der Waals surface area contributed by atoms with Crippen LogP contribution < -0.4 is 0 Å². The fourth-order valence-electron chi connectivity index (χ4n) is 0. The molecule has 0 fully saturated rings. The summed E-state index contributed by atoms with van der Waals surface area (Å²) >= 11 is -5.25. The molecule has 0 aromatic carbocycles. The van der Waals surface area contributed by atoms with E-state index in [1.165, 1.54) is 0 Å². The molecule has 0 saturated carbocycles. The second kappa shape index (κ2) is 15.9. The zero-order chi connectivity index (χ0) is 9.00. The first-order valence-corrected chi connectivity index (χ1v) is 4.98. The van der Waals surface area contributed by atoms with E-state index in [-0.39, 0.29) is 91.6 Å². The Bertz CT molecular complexity index is 224. The molecule has 0 aliphatic carbocycles. The minimum atomic E-state index is -5.25. The molecule has 4 N–H and O–H groups in total. The molecule has 0 aliphatic heterocycles. The Morgan fingerprint density at radius 2 is 1.00 bits per heavy atom. The van der Waals surface area contributed by atoms with Crippen LogP contribution >= 0.6 is 0 Å². The third kappa shape index (κ3) is 349. The summed E-state index contributed by atoms with van der Waals surface area (Å²) in [5, 5.41) is 0. The van der Waals surface area contributed by atoms with Crippen LogP contribution in [-0.2, 0) is 85.5 Å². The SMILES string of the molecule is O=S(=O)(O)O.[CaH2].[Cr].[Cu].[O]=[Cr](=[O])([OH])[OH].[Zn]. The van der Waals surface area contributed by atoms with Crippen molar-refractivity contribution >= 4 is 48.1 Å². The molecule has 14 heavy (non-hydrogen) atoms. The third-order valence-corrected chi connectivity index (χ3v) is 0. The summed E-state index contributed by atoms with van der Waals surface area (Å²) in [5.41, 5.74) is 0. The fourth-order valence-corrected chi connectivity index (χ4v) is 0. The van der Waals surface area contributed by atoms with Gasteiger partial charge in [0.1, 0.15) is 0 Å². The Morgan fingerprint density at radius 1 is 1.00 bits per heavy atom. The molecule has 87 valence electrons. The summed E-state index contributed by atoms with van der Waals surface area (Å²) in [6, 6.07) is 0. The van der Waals surface area contributed by atoms with Gasteiger partial charge in [-0.15, -0.1) is 0 Å². The molecule has 0 spiro atoms. The summed E-state index contributed by atoms with van der Waals surface area (Å²) in [6.45, 7) is 0. The summed E-state index contributed by atoms with van der Waals surface area (Å²) in [5.74, 6) is 0. The molecule has 0 rings (SSSR count). The maximum absolute atomic E-state index is 8.82. The van der Waals surface area contributed by atoms with Gasteiger partial charge >= 0.3 is 77.7 Å². The Hall–Kier alpha value is 2.86. The standard InChI is InChI=1S/Ca.2Cr.Cu.H2O4S.2H2O.2O.Zn.2H/c;;;;1-5(2,3)4;;;;;;;/h;;;;(H2,1,2,3,4);2*1H2;;;;;/q;;+2;;;;;;;;;/p-2. The molecule has 0 aromatic rings. The van der Waals surface area contributed by atoms with Gasteiger partial charge in [-0.2, -0.15) is 8.42 Å². The van der Waals surface area contributed by atoms with E-state index in [4.69, 9.17) is 33.4 Å². The molecular weight excluding hydrogens is 433 g/mol. The second-order valence-electron chi connectivity index (χ2n) is 0.896. The van der Waals surface area contributed by atoms with Gasteiger partial charge in [0.2, 0.25) is 0 Å². The normalized spacial score (nSPS) is 8.29. The van der Waals surface area contributed by atoms with Gasteiger partial charge in [-0.05, 0) is 0 Å². The van der Waals surface area contributed by atoms with E-state index in [0.717, 1.165) is 0 Å². The van der Waals surface area contributed by atoms with Crippen LogP contribution in [0.2, 0.25) is 0 Å². The molecule has 0 amide bonds. The molecule has 0 saturated heterocycles. The minimum absolute atomic E-state index is 0. The van der Waals surface area contributed by atoms with Crippen molar-refractivity contribution in [2.24, 2.45) is 0 Å². The van der Waals surface area contributed by atoms with E-state index in [2.05, 4.69) is 0 Å². The number of hydrogen-bond donors (Lipinski definition) is 4. The Labute approximate surface area is 147 Å². The van der Waals surface area contributed by atoms with Crippen LogP contribution in [0.25, 0.3) is 0 Å². The van der Waals surface area contributed by atoms with Gasteiger partial charge in [-0.25, -0.2) is 0 Å². The van der Waals surface area contributed by atoms with Crippen molar-refractivity contribution in [2.45, 2.75) is 0 Å². The van der Waals surface area contributed by atoms with E-state index in [0.29, 0.717) is 0 Å². The van der Waals surface area contributed by atoms with E-state index in [9.17, 15) is 0 Å². The van der Waals surface area contributed by atoms with E-state index in [1.807, 2.05) is 0 Å². The quantitative estimate of drug-likeness (QED) is 0.232. The van der Waals surface area contributed by atoms with Gasteiger partial charge in [0.05, 0.1) is 0 Å². The maximum Gasteiger partial charge on any atom is 0 e. The Kier molecular flexibility index (Phi) is 40.7. The monoisotopic (exact) mass is 437 g/mol. The van der Waals surface area contributed by atoms with Crippen LogP contribution in [0.5, 0.6) is 0 Å². The molecule has 0 aromatic heterocycles. The summed E-state index contributed by atoms with van der Waals surface area (Å²) in [6.07, 6.45) is 0. The van der Waals surface area contributed by atoms with Crippen molar-refractivity contribution in [3.05, 3.63) is 0 Å². The molecule has 0 unspecified atom stereocenters. The summed E-state index contributed by atoms with van der Waals surface area (Å²) in [7, 11) is -4.67. The second-order valence-corrected chi connectivity index (χ2v) is 3.19. The first-order valence-electron chi connectivity index (χ1n) is 1.40. The molecule has 1 radical (unpaired) electrons. The smallest absolute Gasteiger partial charge is 0 e. The maximum atomic E-state index is 8.82. The molecule has 0 bridgehead atoms. The predicted molar refractivity (Wildman–Crippen MR) is 28.5 cm³/mol. The number of rotatable bonds is 0. The minimum Gasteiger partial charge on any atom is 0 e. The first kappa shape index (κ1) is 36.0. The van der Waals surface area contributed by atoms with Crippen molar-refractivity contribution in [3.63, 3.8) is 0 Å². The Morgan fingerprint density at radius 3 is 1.00 bits per heavy atom. The molecule has 0 atom stereocenters. The zero-order valence-electron chi connectivity index (χ0n) is 5.66. The van der Waals surface area contributed by atoms with Crippen LogP contribution in [0.3, 0.4) is 0 Å². The molecule has 14 heteroatoms. The van der Waals surface area contributed by atoms with Gasteiger partial charge in [0, 0.05) is 53.9 Å². The Balaban J connectivity index is -0.0000000178. The van der Waals surface area contributed by atoms with Crippen LogP contribution in [0.4, 0.5) is 0 Å². The van der Waals surface area contributed by atoms with Crippen molar-refractivity contribution in [1.29, 1.82) is 0 Å². The van der Waals surface area contributed by atoms with Gasteiger partial charge in [-0.3, -0.25) is 9.11 Å². The van der Waals surface area contributed by atoms with Gasteiger partial charge in [0.25, 0.3) is 0 Å². The largest absolute Gasteiger partial charge is 0 e. The summed E-state index contributed by atoms with van der Waals surface area (Å²) in [4.78, 5) is 0. The average Bonchev–Trinajstić information content (AvgIpc) is 1.12. The van der Waals surface area contributed by atoms with Crippen molar-refractivity contribution in [1.82, 2.24) is 0 Å². The summed E-state index contributed by atoms with van der Waals surface area (Å²) < 4.78 is 63.5. The van der Waals surface area contributed by atoms with Crippen molar-refractivity contribution in [2.75, 3.05) is 0 Å².